The molecule has 12 heavy (non-hydrogen) atoms. The monoisotopic (exact) mass is 189 g/mol. The van der Waals surface area contributed by atoms with Gasteiger partial charge in [0.05, 0.1) is 17.7 Å². The number of halogens is 2. The first kappa shape index (κ1) is 9.45. The molecule has 66 valence electrons. The summed E-state index contributed by atoms with van der Waals surface area (Å²) in [6.45, 7) is -0.207. The fraction of sp³-hybridized carbons (Fsp3) is 0.250. The first-order chi connectivity index (χ1) is 5.65. The summed E-state index contributed by atoms with van der Waals surface area (Å²) in [6.07, 6.45) is 0. The summed E-state index contributed by atoms with van der Waals surface area (Å²) in [6, 6.07) is 3.69. The van der Waals surface area contributed by atoms with Crippen LogP contribution in [0.2, 0.25) is 5.02 Å². The largest absolute Gasteiger partial charge is 0.394 e. The van der Waals surface area contributed by atoms with Crippen molar-refractivity contribution in [1.82, 2.24) is 0 Å². The summed E-state index contributed by atoms with van der Waals surface area (Å²) in [5, 5.41) is 8.73. The van der Waals surface area contributed by atoms with Crippen LogP contribution in [-0.2, 0) is 0 Å². The molecule has 0 aliphatic heterocycles. The van der Waals surface area contributed by atoms with Crippen molar-refractivity contribution in [2.45, 2.75) is 6.04 Å². The van der Waals surface area contributed by atoms with Crippen molar-refractivity contribution < 1.29 is 9.50 Å². The van der Waals surface area contributed by atoms with E-state index in [1.54, 1.807) is 6.07 Å². The Labute approximate surface area is 74.8 Å². The van der Waals surface area contributed by atoms with Crippen molar-refractivity contribution in [3.05, 3.63) is 34.6 Å². The average Bonchev–Trinajstić information content (AvgIpc) is 2.08. The zero-order valence-electron chi connectivity index (χ0n) is 6.30. The van der Waals surface area contributed by atoms with Crippen LogP contribution in [0.15, 0.2) is 18.2 Å². The Morgan fingerprint density at radius 3 is 2.75 bits per heavy atom. The smallest absolute Gasteiger partial charge is 0.142 e. The minimum Gasteiger partial charge on any atom is -0.394 e. The van der Waals surface area contributed by atoms with Crippen LogP contribution in [0.1, 0.15) is 11.6 Å². The van der Waals surface area contributed by atoms with E-state index in [-0.39, 0.29) is 11.6 Å². The van der Waals surface area contributed by atoms with Crippen LogP contribution >= 0.6 is 11.6 Å². The van der Waals surface area contributed by atoms with Gasteiger partial charge in [0.25, 0.3) is 0 Å². The molecule has 0 aliphatic carbocycles. The molecule has 0 aliphatic rings. The average molecular weight is 190 g/mol. The minimum atomic E-state index is -0.545. The molecule has 3 N–H and O–H groups in total. The lowest BCUT2D eigenvalue weighted by molar-refractivity contribution is 0.268. The second-order valence-electron chi connectivity index (χ2n) is 2.46. The molecule has 1 atom stereocenters. The molecule has 1 unspecified atom stereocenters. The molecule has 4 heteroatoms. The second-order valence-corrected chi connectivity index (χ2v) is 2.87. The van der Waals surface area contributed by atoms with Crippen molar-refractivity contribution in [1.29, 1.82) is 0 Å². The molecule has 0 heterocycles. The van der Waals surface area contributed by atoms with Crippen LogP contribution in [0.25, 0.3) is 0 Å². The normalized spacial score (nSPS) is 13.0. The van der Waals surface area contributed by atoms with Gasteiger partial charge < -0.3 is 10.8 Å². The number of aliphatic hydroxyl groups excluding tert-OH is 1. The summed E-state index contributed by atoms with van der Waals surface area (Å²) in [7, 11) is 0. The van der Waals surface area contributed by atoms with Crippen molar-refractivity contribution in [2.24, 2.45) is 5.73 Å². The molecule has 0 saturated heterocycles. The van der Waals surface area contributed by atoms with E-state index in [9.17, 15) is 4.39 Å². The van der Waals surface area contributed by atoms with Gasteiger partial charge in [0, 0.05) is 0 Å². The predicted octanol–water partition coefficient (Wildman–Crippen LogP) is 1.47. The number of rotatable bonds is 2. The molecular weight excluding hydrogens is 181 g/mol. The summed E-state index contributed by atoms with van der Waals surface area (Å²) in [4.78, 5) is 0. The summed E-state index contributed by atoms with van der Waals surface area (Å²) < 4.78 is 12.8. The topological polar surface area (TPSA) is 46.2 Å². The van der Waals surface area contributed by atoms with E-state index < -0.39 is 11.9 Å². The Balaban J connectivity index is 2.96. The van der Waals surface area contributed by atoms with Gasteiger partial charge in [0.15, 0.2) is 0 Å². The van der Waals surface area contributed by atoms with Gasteiger partial charge in [-0.1, -0.05) is 17.7 Å². The van der Waals surface area contributed by atoms with Crippen molar-refractivity contribution >= 4 is 11.6 Å². The SMILES string of the molecule is NC(CO)c1ccc(Cl)c(F)c1. The van der Waals surface area contributed by atoms with Crippen molar-refractivity contribution in [3.63, 3.8) is 0 Å². The lowest BCUT2D eigenvalue weighted by Crippen LogP contribution is -2.14. The van der Waals surface area contributed by atoms with E-state index in [0.717, 1.165) is 0 Å². The van der Waals surface area contributed by atoms with Gasteiger partial charge in [-0.25, -0.2) is 4.39 Å². The van der Waals surface area contributed by atoms with Crippen LogP contribution in [0.5, 0.6) is 0 Å². The third-order valence-electron chi connectivity index (χ3n) is 1.57. The van der Waals surface area contributed by atoms with Crippen molar-refractivity contribution in [3.8, 4) is 0 Å². The first-order valence-corrected chi connectivity index (χ1v) is 3.84. The third-order valence-corrected chi connectivity index (χ3v) is 1.88. The maximum absolute atomic E-state index is 12.8. The van der Waals surface area contributed by atoms with E-state index in [2.05, 4.69) is 0 Å². The Hall–Kier alpha value is -0.640. The minimum absolute atomic E-state index is 0.0592. The molecule has 0 amide bonds. The zero-order valence-corrected chi connectivity index (χ0v) is 7.05. The predicted molar refractivity (Wildman–Crippen MR) is 45.4 cm³/mol. The second kappa shape index (κ2) is 3.85. The van der Waals surface area contributed by atoms with Crippen LogP contribution in [0, 0.1) is 5.82 Å². The van der Waals surface area contributed by atoms with Gasteiger partial charge in [-0.3, -0.25) is 0 Å². The summed E-state index contributed by atoms with van der Waals surface area (Å²) in [5.74, 6) is -0.516. The van der Waals surface area contributed by atoms with Crippen LogP contribution in [0.3, 0.4) is 0 Å². The van der Waals surface area contributed by atoms with Gasteiger partial charge in [-0.05, 0) is 17.7 Å². The Kier molecular flexibility index (Phi) is 3.03. The molecular formula is C8H9ClFNO. The summed E-state index contributed by atoms with van der Waals surface area (Å²) in [5.41, 5.74) is 5.99. The maximum Gasteiger partial charge on any atom is 0.142 e. The Bertz CT molecular complexity index is 280. The zero-order chi connectivity index (χ0) is 9.14. The molecule has 0 spiro atoms. The lowest BCUT2D eigenvalue weighted by atomic mass is 10.1. The van der Waals surface area contributed by atoms with Gasteiger partial charge in [-0.2, -0.15) is 0 Å². The lowest BCUT2D eigenvalue weighted by Gasteiger charge is -2.08. The van der Waals surface area contributed by atoms with E-state index in [0.29, 0.717) is 5.56 Å². The molecule has 1 rings (SSSR count). The van der Waals surface area contributed by atoms with Crippen LogP contribution < -0.4 is 5.73 Å². The molecule has 0 fully saturated rings. The van der Waals surface area contributed by atoms with Crippen molar-refractivity contribution in [2.75, 3.05) is 6.61 Å². The molecule has 2 nitrogen and oxygen atoms in total. The summed E-state index contributed by atoms with van der Waals surface area (Å²) >= 11 is 5.45. The first-order valence-electron chi connectivity index (χ1n) is 3.46. The third kappa shape index (κ3) is 1.94. The fourth-order valence-electron chi connectivity index (χ4n) is 0.848. The number of hydrogen-bond donors (Lipinski definition) is 2. The highest BCUT2D eigenvalue weighted by Gasteiger charge is 2.06. The van der Waals surface area contributed by atoms with Gasteiger partial charge in [0.2, 0.25) is 0 Å². The molecule has 0 radical (unpaired) electrons. The van der Waals surface area contributed by atoms with Gasteiger partial charge >= 0.3 is 0 Å². The van der Waals surface area contributed by atoms with E-state index in [1.165, 1.54) is 12.1 Å². The molecule has 0 bridgehead atoms. The number of benzene rings is 1. The Morgan fingerprint density at radius 1 is 1.58 bits per heavy atom. The van der Waals surface area contributed by atoms with E-state index in [4.69, 9.17) is 22.4 Å². The number of aliphatic hydroxyl groups is 1. The van der Waals surface area contributed by atoms with Crippen LogP contribution in [-0.4, -0.2) is 11.7 Å². The maximum atomic E-state index is 12.8. The van der Waals surface area contributed by atoms with Gasteiger partial charge in [0.1, 0.15) is 5.82 Å². The highest BCUT2D eigenvalue weighted by molar-refractivity contribution is 6.30. The molecule has 1 aromatic carbocycles. The van der Waals surface area contributed by atoms with E-state index in [1.807, 2.05) is 0 Å². The number of nitrogens with two attached hydrogens (primary N) is 1. The Morgan fingerprint density at radius 2 is 2.25 bits per heavy atom. The highest BCUT2D eigenvalue weighted by atomic mass is 35.5. The van der Waals surface area contributed by atoms with Crippen LogP contribution in [0.4, 0.5) is 4.39 Å². The number of hydrogen-bond acceptors (Lipinski definition) is 2. The highest BCUT2D eigenvalue weighted by Crippen LogP contribution is 2.18. The molecule has 0 saturated carbocycles. The quantitative estimate of drug-likeness (QED) is 0.740. The molecule has 0 aromatic heterocycles. The standard InChI is InChI=1S/C8H9ClFNO/c9-6-2-1-5(3-7(6)10)8(11)4-12/h1-3,8,12H,4,11H2. The van der Waals surface area contributed by atoms with E-state index >= 15 is 0 Å². The fourth-order valence-corrected chi connectivity index (χ4v) is 0.966. The van der Waals surface area contributed by atoms with Gasteiger partial charge in [-0.15, -0.1) is 0 Å². The molecule has 1 aromatic rings.